The van der Waals surface area contributed by atoms with Gasteiger partial charge in [0.2, 0.25) is 0 Å². The SMILES string of the molecule is CCOC(=O)C1C(=O)CC(O)CC1c1cccc(O)c1. The predicted octanol–water partition coefficient (Wildman–Crippen LogP) is 1.38. The Morgan fingerprint density at radius 2 is 2.20 bits per heavy atom. The lowest BCUT2D eigenvalue weighted by Crippen LogP contribution is -2.39. The molecule has 0 saturated heterocycles. The summed E-state index contributed by atoms with van der Waals surface area (Å²) in [6.07, 6.45) is -0.488. The normalized spacial score (nSPS) is 26.3. The van der Waals surface area contributed by atoms with Crippen LogP contribution in [0.15, 0.2) is 24.3 Å². The first-order valence-electron chi connectivity index (χ1n) is 6.69. The molecule has 2 N–H and O–H groups in total. The van der Waals surface area contributed by atoms with Crippen LogP contribution in [-0.4, -0.2) is 34.7 Å². The van der Waals surface area contributed by atoms with Gasteiger partial charge in [-0.05, 0) is 31.0 Å². The number of hydrogen-bond acceptors (Lipinski definition) is 5. The fourth-order valence-corrected chi connectivity index (χ4v) is 2.71. The molecule has 1 aromatic carbocycles. The van der Waals surface area contributed by atoms with Gasteiger partial charge in [0.1, 0.15) is 17.5 Å². The van der Waals surface area contributed by atoms with Crippen molar-refractivity contribution in [1.82, 2.24) is 0 Å². The molecule has 5 nitrogen and oxygen atoms in total. The predicted molar refractivity (Wildman–Crippen MR) is 71.2 cm³/mol. The zero-order valence-corrected chi connectivity index (χ0v) is 11.3. The van der Waals surface area contributed by atoms with Crippen LogP contribution in [0.4, 0.5) is 0 Å². The van der Waals surface area contributed by atoms with Crippen molar-refractivity contribution in [1.29, 1.82) is 0 Å². The van der Waals surface area contributed by atoms with Crippen molar-refractivity contribution in [3.05, 3.63) is 29.8 Å². The van der Waals surface area contributed by atoms with E-state index >= 15 is 0 Å². The molecule has 1 saturated carbocycles. The number of aliphatic hydroxyl groups excluding tert-OH is 1. The van der Waals surface area contributed by atoms with Crippen LogP contribution in [-0.2, 0) is 14.3 Å². The molecule has 3 atom stereocenters. The van der Waals surface area contributed by atoms with Gasteiger partial charge in [-0.2, -0.15) is 0 Å². The summed E-state index contributed by atoms with van der Waals surface area (Å²) in [6.45, 7) is 1.89. The van der Waals surface area contributed by atoms with Crippen molar-refractivity contribution in [2.24, 2.45) is 5.92 Å². The van der Waals surface area contributed by atoms with E-state index in [1.54, 1.807) is 19.1 Å². The van der Waals surface area contributed by atoms with Crippen molar-refractivity contribution in [3.8, 4) is 5.75 Å². The van der Waals surface area contributed by atoms with Crippen molar-refractivity contribution in [3.63, 3.8) is 0 Å². The third kappa shape index (κ3) is 2.99. The maximum atomic E-state index is 12.1. The second-order valence-electron chi connectivity index (χ2n) is 4.99. The summed E-state index contributed by atoms with van der Waals surface area (Å²) in [7, 11) is 0. The summed E-state index contributed by atoms with van der Waals surface area (Å²) < 4.78 is 4.97. The van der Waals surface area contributed by atoms with E-state index in [1.165, 1.54) is 12.1 Å². The van der Waals surface area contributed by atoms with Gasteiger partial charge in [-0.1, -0.05) is 12.1 Å². The molecule has 1 aliphatic rings. The zero-order valence-electron chi connectivity index (χ0n) is 11.3. The number of aromatic hydroxyl groups is 1. The molecule has 1 fully saturated rings. The smallest absolute Gasteiger partial charge is 0.317 e. The molecule has 108 valence electrons. The topological polar surface area (TPSA) is 83.8 Å². The van der Waals surface area contributed by atoms with Gasteiger partial charge in [-0.3, -0.25) is 9.59 Å². The van der Waals surface area contributed by atoms with Gasteiger partial charge in [0, 0.05) is 12.3 Å². The molecule has 3 unspecified atom stereocenters. The van der Waals surface area contributed by atoms with E-state index in [1.807, 2.05) is 0 Å². The Bertz CT molecular complexity index is 503. The lowest BCUT2D eigenvalue weighted by atomic mass is 9.73. The molecule has 0 spiro atoms. The third-order valence-corrected chi connectivity index (χ3v) is 3.55. The van der Waals surface area contributed by atoms with Crippen LogP contribution in [0.25, 0.3) is 0 Å². The summed E-state index contributed by atoms with van der Waals surface area (Å²) >= 11 is 0. The summed E-state index contributed by atoms with van der Waals surface area (Å²) in [5.74, 6) is -2.16. The van der Waals surface area contributed by atoms with Crippen LogP contribution in [0.2, 0.25) is 0 Å². The van der Waals surface area contributed by atoms with Crippen LogP contribution in [0.5, 0.6) is 5.75 Å². The molecule has 0 bridgehead atoms. The first kappa shape index (κ1) is 14.5. The fraction of sp³-hybridized carbons (Fsp3) is 0.467. The van der Waals surface area contributed by atoms with Gasteiger partial charge >= 0.3 is 5.97 Å². The van der Waals surface area contributed by atoms with Crippen molar-refractivity contribution >= 4 is 11.8 Å². The summed E-state index contributed by atoms with van der Waals surface area (Å²) in [5.41, 5.74) is 0.662. The number of rotatable bonds is 3. The van der Waals surface area contributed by atoms with Crippen LogP contribution in [0, 0.1) is 5.92 Å². The molecule has 0 radical (unpaired) electrons. The van der Waals surface area contributed by atoms with E-state index in [4.69, 9.17) is 4.74 Å². The first-order valence-corrected chi connectivity index (χ1v) is 6.69. The van der Waals surface area contributed by atoms with Crippen LogP contribution in [0.1, 0.15) is 31.2 Å². The van der Waals surface area contributed by atoms with Crippen molar-refractivity contribution in [2.75, 3.05) is 6.61 Å². The maximum absolute atomic E-state index is 12.1. The number of hydrogen-bond donors (Lipinski definition) is 2. The third-order valence-electron chi connectivity index (χ3n) is 3.55. The molecule has 1 aliphatic carbocycles. The highest BCUT2D eigenvalue weighted by Crippen LogP contribution is 2.37. The average molecular weight is 278 g/mol. The van der Waals surface area contributed by atoms with E-state index in [0.717, 1.165) is 0 Å². The molecular formula is C15H18O5. The Hall–Kier alpha value is -1.88. The number of phenols is 1. The molecule has 0 aliphatic heterocycles. The zero-order chi connectivity index (χ0) is 14.7. The monoisotopic (exact) mass is 278 g/mol. The summed E-state index contributed by atoms with van der Waals surface area (Å²) in [6, 6.07) is 6.42. The fourth-order valence-electron chi connectivity index (χ4n) is 2.71. The first-order chi connectivity index (χ1) is 9.52. The number of ketones is 1. The maximum Gasteiger partial charge on any atom is 0.317 e. The molecule has 0 aromatic heterocycles. The molecule has 20 heavy (non-hydrogen) atoms. The van der Waals surface area contributed by atoms with Gasteiger partial charge in [0.25, 0.3) is 0 Å². The van der Waals surface area contributed by atoms with Crippen LogP contribution < -0.4 is 0 Å². The van der Waals surface area contributed by atoms with Crippen molar-refractivity contribution in [2.45, 2.75) is 31.8 Å². The Morgan fingerprint density at radius 3 is 2.85 bits per heavy atom. The molecule has 0 heterocycles. The van der Waals surface area contributed by atoms with Gasteiger partial charge < -0.3 is 14.9 Å². The number of carbonyl (C=O) groups excluding carboxylic acids is 2. The Morgan fingerprint density at radius 1 is 1.45 bits per heavy atom. The highest BCUT2D eigenvalue weighted by atomic mass is 16.5. The largest absolute Gasteiger partial charge is 0.508 e. The second-order valence-corrected chi connectivity index (χ2v) is 4.99. The van der Waals surface area contributed by atoms with E-state index in [-0.39, 0.29) is 24.6 Å². The Balaban J connectivity index is 2.34. The van der Waals surface area contributed by atoms with E-state index in [2.05, 4.69) is 0 Å². The molecule has 2 rings (SSSR count). The minimum Gasteiger partial charge on any atom is -0.508 e. The lowest BCUT2D eigenvalue weighted by molar-refractivity contribution is -0.155. The standard InChI is InChI=1S/C15H18O5/c1-2-20-15(19)14-12(7-11(17)8-13(14)18)9-4-3-5-10(16)6-9/h3-6,11-12,14,16-17H,2,7-8H2,1H3. The highest BCUT2D eigenvalue weighted by Gasteiger charge is 2.42. The summed E-state index contributed by atoms with van der Waals surface area (Å²) in [4.78, 5) is 24.1. The second kappa shape index (κ2) is 6.05. The highest BCUT2D eigenvalue weighted by molar-refractivity contribution is 6.00. The molecule has 5 heteroatoms. The quantitative estimate of drug-likeness (QED) is 0.644. The minimum absolute atomic E-state index is 0.0290. The van der Waals surface area contributed by atoms with E-state index in [0.29, 0.717) is 12.0 Å². The Kier molecular flexibility index (Phi) is 4.39. The van der Waals surface area contributed by atoms with Gasteiger partial charge in [-0.25, -0.2) is 0 Å². The number of benzene rings is 1. The average Bonchev–Trinajstić information content (AvgIpc) is 2.37. The number of esters is 1. The van der Waals surface area contributed by atoms with E-state index < -0.39 is 23.9 Å². The van der Waals surface area contributed by atoms with Crippen LogP contribution >= 0.6 is 0 Å². The molecular weight excluding hydrogens is 260 g/mol. The van der Waals surface area contributed by atoms with Gasteiger partial charge in [-0.15, -0.1) is 0 Å². The summed E-state index contributed by atoms with van der Waals surface area (Å²) in [5, 5.41) is 19.3. The van der Waals surface area contributed by atoms with Gasteiger partial charge in [0.05, 0.1) is 12.7 Å². The van der Waals surface area contributed by atoms with Gasteiger partial charge in [0.15, 0.2) is 0 Å². The van der Waals surface area contributed by atoms with Crippen molar-refractivity contribution < 1.29 is 24.5 Å². The van der Waals surface area contributed by atoms with Crippen LogP contribution in [0.3, 0.4) is 0 Å². The number of Topliss-reactive ketones (excluding diaryl/α,β-unsaturated/α-hetero) is 1. The molecule has 1 aromatic rings. The minimum atomic E-state index is -0.903. The number of ether oxygens (including phenoxy) is 1. The number of carbonyl (C=O) groups is 2. The van der Waals surface area contributed by atoms with E-state index in [9.17, 15) is 19.8 Å². The lowest BCUT2D eigenvalue weighted by Gasteiger charge is -2.31. The number of phenolic OH excluding ortho intramolecular Hbond substituents is 1. The molecule has 0 amide bonds. The number of aliphatic hydroxyl groups is 1. The Labute approximate surface area is 117 Å².